The highest BCUT2D eigenvalue weighted by molar-refractivity contribution is 7.15. The number of carbonyl (C=O) groups is 1. The van der Waals surface area contributed by atoms with E-state index in [1.807, 2.05) is 79.4 Å². The largest absolute Gasteiger partial charge is 0.467 e. The summed E-state index contributed by atoms with van der Waals surface area (Å²) in [5.41, 5.74) is 7.92. The van der Waals surface area contributed by atoms with Crippen molar-refractivity contribution < 1.29 is 23.8 Å². The van der Waals surface area contributed by atoms with E-state index >= 15 is 0 Å². The second kappa shape index (κ2) is 15.4. The normalized spacial score (nSPS) is 11.4. The Hall–Kier alpha value is -2.46. The molecule has 0 N–H and O–H groups in total. The fourth-order valence-corrected chi connectivity index (χ4v) is 4.50. The lowest BCUT2D eigenvalue weighted by Crippen LogP contribution is -2.48. The first-order chi connectivity index (χ1) is 18.4. The Labute approximate surface area is 243 Å². The van der Waals surface area contributed by atoms with Crippen LogP contribution in [0.3, 0.4) is 0 Å². The van der Waals surface area contributed by atoms with Crippen LogP contribution in [0.25, 0.3) is 22.4 Å². The van der Waals surface area contributed by atoms with Crippen LogP contribution in [0.5, 0.6) is 0 Å². The van der Waals surface area contributed by atoms with Crippen LogP contribution in [0.1, 0.15) is 68.7 Å². The van der Waals surface area contributed by atoms with Crippen molar-refractivity contribution in [2.24, 2.45) is 0 Å². The van der Waals surface area contributed by atoms with E-state index in [9.17, 15) is 4.79 Å². The quantitative estimate of drug-likeness (QED) is 0.171. The fraction of sp³-hybridized carbons (Fsp3) is 0.438. The molecule has 214 valence electrons. The van der Waals surface area contributed by atoms with Crippen LogP contribution in [0.4, 0.5) is 0 Å². The summed E-state index contributed by atoms with van der Waals surface area (Å²) in [4.78, 5) is 19.0. The van der Waals surface area contributed by atoms with Gasteiger partial charge in [0, 0.05) is 27.8 Å². The number of aromatic nitrogens is 1. The number of rotatable bonds is 6. The molecule has 39 heavy (non-hydrogen) atoms. The summed E-state index contributed by atoms with van der Waals surface area (Å²) in [7, 11) is 5.42. The van der Waals surface area contributed by atoms with Gasteiger partial charge in [0.1, 0.15) is 7.11 Å². The molecule has 7 heteroatoms. The average molecular weight is 575 g/mol. The summed E-state index contributed by atoms with van der Waals surface area (Å²) < 4.78 is 13.3. The van der Waals surface area contributed by atoms with Crippen LogP contribution < -0.4 is 9.57 Å². The molecule has 0 saturated heterocycles. The second-order valence-electron chi connectivity index (χ2n) is 9.76. The highest BCUT2D eigenvalue weighted by Crippen LogP contribution is 2.40. The molecule has 1 unspecified atom stereocenters. The van der Waals surface area contributed by atoms with E-state index in [-0.39, 0.29) is 0 Å². The molecule has 1 heterocycles. The van der Waals surface area contributed by atoms with E-state index in [0.29, 0.717) is 10.6 Å². The Kier molecular flexibility index (Phi) is 13.6. The first-order valence-electron chi connectivity index (χ1n) is 13.2. The van der Waals surface area contributed by atoms with Gasteiger partial charge in [-0.1, -0.05) is 50.3 Å². The molecule has 0 radical (unpaired) electrons. The maximum atomic E-state index is 13.1. The predicted octanol–water partition coefficient (Wildman–Crippen LogP) is 7.80. The molecule has 2 aromatic carbocycles. The molecular formula is C32H46ClNO4P+. The highest BCUT2D eigenvalue weighted by Gasteiger charge is 2.39. The number of methoxy groups -OCH3 is 1. The fourth-order valence-electron chi connectivity index (χ4n) is 4.38. The molecule has 2 atom stereocenters. The second-order valence-corrected chi connectivity index (χ2v) is 10.2. The summed E-state index contributed by atoms with van der Waals surface area (Å²) in [6.07, 6.45) is -0.959. The van der Waals surface area contributed by atoms with Crippen molar-refractivity contribution in [1.29, 1.82) is 0 Å². The Morgan fingerprint density at radius 1 is 0.897 bits per heavy atom. The van der Waals surface area contributed by atoms with Crippen molar-refractivity contribution in [3.05, 3.63) is 75.4 Å². The van der Waals surface area contributed by atoms with Crippen LogP contribution >= 0.6 is 20.8 Å². The van der Waals surface area contributed by atoms with Gasteiger partial charge in [0.2, 0.25) is 5.69 Å². The molecule has 0 fully saturated rings. The van der Waals surface area contributed by atoms with Gasteiger partial charge in [0.05, 0.1) is 23.8 Å². The Balaban J connectivity index is 0.00000181. The van der Waals surface area contributed by atoms with Crippen molar-refractivity contribution in [1.82, 2.24) is 0 Å². The maximum Gasteiger partial charge on any atom is 0.339 e. The number of benzene rings is 2. The third-order valence-corrected chi connectivity index (χ3v) is 6.39. The third-order valence-electron chi connectivity index (χ3n) is 6.14. The lowest BCUT2D eigenvalue weighted by molar-refractivity contribution is -0.881. The number of halogens is 1. The van der Waals surface area contributed by atoms with Gasteiger partial charge >= 0.3 is 5.97 Å². The number of hydrogen-bond donors (Lipinski definition) is 0. The van der Waals surface area contributed by atoms with Crippen LogP contribution in [0, 0.1) is 27.7 Å². The topological polar surface area (TPSA) is 48.6 Å². The molecule has 0 bridgehead atoms. The smallest absolute Gasteiger partial charge is 0.339 e. The van der Waals surface area contributed by atoms with Crippen molar-refractivity contribution in [2.45, 2.75) is 74.0 Å². The molecule has 0 aliphatic carbocycles. The van der Waals surface area contributed by atoms with E-state index in [1.165, 1.54) is 18.2 Å². The molecule has 0 aliphatic rings. The van der Waals surface area contributed by atoms with Crippen molar-refractivity contribution in [2.75, 3.05) is 20.9 Å². The number of nitrogens with zero attached hydrogens (tertiary/aromatic N) is 1. The first kappa shape index (κ1) is 34.6. The van der Waals surface area contributed by atoms with Gasteiger partial charge < -0.3 is 9.47 Å². The predicted molar refractivity (Wildman–Crippen MR) is 167 cm³/mol. The number of carbonyl (C=O) groups excluding carboxylic acids is 1. The number of ether oxygens (including phenoxy) is 2. The molecule has 3 aromatic rings. The van der Waals surface area contributed by atoms with Crippen LogP contribution in [0.15, 0.2) is 42.5 Å². The summed E-state index contributed by atoms with van der Waals surface area (Å²) in [5, 5.41) is 0.636. The van der Waals surface area contributed by atoms with Gasteiger partial charge in [-0.3, -0.25) is 4.84 Å². The van der Waals surface area contributed by atoms with Gasteiger partial charge in [-0.15, -0.1) is 9.24 Å². The first-order valence-corrected chi connectivity index (χ1v) is 14.7. The lowest BCUT2D eigenvalue weighted by Gasteiger charge is -2.28. The van der Waals surface area contributed by atoms with Gasteiger partial charge in [0.25, 0.3) is 5.69 Å². The summed E-state index contributed by atoms with van der Waals surface area (Å²) in [6.45, 7) is 19.8. The zero-order chi connectivity index (χ0) is 30.1. The lowest BCUT2D eigenvalue weighted by atomic mass is 9.88. The molecule has 0 amide bonds. The van der Waals surface area contributed by atoms with E-state index in [1.54, 1.807) is 11.8 Å². The molecule has 0 aliphatic heterocycles. The van der Waals surface area contributed by atoms with E-state index in [2.05, 4.69) is 41.3 Å². The number of aryl methyl sites for hydroxylation is 2. The number of hydrogen-bond acceptors (Lipinski definition) is 4. The SMILES string of the molecule is CC.COC(=O)[C@@H](OC(C)(C)C)c1c(-c2ccc(Cl)cc2)c(C)c(-c2ccc(C)c(C)c2)[n+](OC)c1C.CP. The van der Waals surface area contributed by atoms with Crippen molar-refractivity contribution >= 4 is 26.8 Å². The monoisotopic (exact) mass is 574 g/mol. The Morgan fingerprint density at radius 2 is 1.44 bits per heavy atom. The molecule has 0 spiro atoms. The van der Waals surface area contributed by atoms with Gasteiger partial charge in [-0.05, 0) is 82.5 Å². The Bertz CT molecular complexity index is 1250. The summed E-state index contributed by atoms with van der Waals surface area (Å²) in [6, 6.07) is 14.0. The van der Waals surface area contributed by atoms with Crippen LogP contribution in [-0.4, -0.2) is 32.5 Å². The van der Waals surface area contributed by atoms with Crippen molar-refractivity contribution in [3.63, 3.8) is 0 Å². The Morgan fingerprint density at radius 3 is 1.90 bits per heavy atom. The highest BCUT2D eigenvalue weighted by atomic mass is 35.5. The van der Waals surface area contributed by atoms with E-state index in [4.69, 9.17) is 25.9 Å². The number of esters is 1. The van der Waals surface area contributed by atoms with Gasteiger partial charge in [0.15, 0.2) is 6.10 Å². The summed E-state index contributed by atoms with van der Waals surface area (Å²) >= 11 is 6.22. The number of pyridine rings is 1. The molecular weight excluding hydrogens is 529 g/mol. The zero-order valence-corrected chi connectivity index (χ0v) is 27.6. The molecule has 3 rings (SSSR count). The minimum absolute atomic E-state index is 0.473. The van der Waals surface area contributed by atoms with E-state index < -0.39 is 17.7 Å². The minimum atomic E-state index is -0.959. The van der Waals surface area contributed by atoms with Crippen molar-refractivity contribution in [3.8, 4) is 22.4 Å². The third kappa shape index (κ3) is 8.27. The van der Waals surface area contributed by atoms with Crippen LogP contribution in [0.2, 0.25) is 5.02 Å². The summed E-state index contributed by atoms with van der Waals surface area (Å²) in [5.74, 6) is -0.473. The standard InChI is InChI=1S/C29H35ClNO4.C2H6.CH5P/c1-17-10-11-22(16-18(17)2)26-19(3)24(21-12-14-23(30)15-13-21)25(20(4)31(26)34-9)27(28(32)33-8)35-29(5,6)7;2*1-2/h10-16,27H,1-9H3;1-2H3;2H2,1H3/q+1;;/t27-;;/m0../s1. The average Bonchev–Trinajstić information content (AvgIpc) is 2.91. The minimum Gasteiger partial charge on any atom is -0.467 e. The van der Waals surface area contributed by atoms with Crippen LogP contribution in [-0.2, 0) is 14.3 Å². The van der Waals surface area contributed by atoms with E-state index in [0.717, 1.165) is 33.6 Å². The molecule has 5 nitrogen and oxygen atoms in total. The molecule has 0 saturated carbocycles. The molecule has 1 aromatic heterocycles. The maximum absolute atomic E-state index is 13.1. The van der Waals surface area contributed by atoms with Gasteiger partial charge in [-0.25, -0.2) is 4.79 Å². The van der Waals surface area contributed by atoms with Gasteiger partial charge in [-0.2, -0.15) is 0 Å². The zero-order valence-electron chi connectivity index (χ0n) is 25.7.